The van der Waals surface area contributed by atoms with Crippen LogP contribution < -0.4 is 10.6 Å². The number of anilines is 1. The molecule has 0 radical (unpaired) electrons. The summed E-state index contributed by atoms with van der Waals surface area (Å²) >= 11 is 0. The summed E-state index contributed by atoms with van der Waals surface area (Å²) in [7, 11) is 0. The third-order valence-corrected chi connectivity index (χ3v) is 4.35. The molecule has 1 atom stereocenters. The van der Waals surface area contributed by atoms with Gasteiger partial charge in [0.25, 0.3) is 0 Å². The van der Waals surface area contributed by atoms with Gasteiger partial charge in [0.2, 0.25) is 0 Å². The summed E-state index contributed by atoms with van der Waals surface area (Å²) in [5.41, 5.74) is 1.67. The zero-order valence-corrected chi connectivity index (χ0v) is 17.7. The molecule has 2 aromatic carbocycles. The molecule has 1 heterocycles. The van der Waals surface area contributed by atoms with Gasteiger partial charge in [-0.3, -0.25) is 5.32 Å². The van der Waals surface area contributed by atoms with Gasteiger partial charge in [-0.2, -0.15) is 0 Å². The van der Waals surface area contributed by atoms with E-state index < -0.39 is 23.8 Å². The maximum absolute atomic E-state index is 12.5. The summed E-state index contributed by atoms with van der Waals surface area (Å²) < 4.78 is 7.31. The first kappa shape index (κ1) is 21.9. The Bertz CT molecular complexity index is 1020. The van der Waals surface area contributed by atoms with Crippen LogP contribution in [0.25, 0.3) is 5.69 Å². The van der Waals surface area contributed by atoms with Crippen LogP contribution in [0.4, 0.5) is 15.3 Å². The van der Waals surface area contributed by atoms with E-state index >= 15 is 0 Å². The Morgan fingerprint density at radius 2 is 1.77 bits per heavy atom. The quantitative estimate of drug-likeness (QED) is 0.531. The fourth-order valence-electron chi connectivity index (χ4n) is 3.13. The lowest BCUT2D eigenvalue weighted by atomic mass is 10.1. The Kier molecular flexibility index (Phi) is 6.59. The third kappa shape index (κ3) is 6.33. The van der Waals surface area contributed by atoms with Crippen molar-refractivity contribution >= 4 is 17.9 Å². The molecule has 0 aliphatic heterocycles. The number of benzene rings is 2. The second kappa shape index (κ2) is 9.34. The van der Waals surface area contributed by atoms with Crippen LogP contribution in [0, 0.1) is 0 Å². The molecule has 0 aliphatic rings. The molecule has 31 heavy (non-hydrogen) atoms. The van der Waals surface area contributed by atoms with E-state index in [2.05, 4.69) is 15.6 Å². The van der Waals surface area contributed by atoms with Gasteiger partial charge in [-0.05, 0) is 50.6 Å². The zero-order chi connectivity index (χ0) is 22.4. The first-order valence-corrected chi connectivity index (χ1v) is 9.88. The highest BCUT2D eigenvalue weighted by atomic mass is 16.6. The number of ether oxygens (including phenoxy) is 1. The number of hydrogen-bond donors (Lipinski definition) is 3. The minimum atomic E-state index is -1.12. The molecule has 8 heteroatoms. The number of amides is 2. The Morgan fingerprint density at radius 3 is 2.39 bits per heavy atom. The lowest BCUT2D eigenvalue weighted by Crippen LogP contribution is -2.36. The largest absolute Gasteiger partial charge is 0.465 e. The summed E-state index contributed by atoms with van der Waals surface area (Å²) in [6.07, 6.45) is 2.33. The van der Waals surface area contributed by atoms with Crippen LogP contribution in [0.5, 0.6) is 0 Å². The topological polar surface area (TPSA) is 105 Å². The zero-order valence-electron chi connectivity index (χ0n) is 17.7. The molecule has 3 N–H and O–H groups in total. The molecule has 0 aliphatic carbocycles. The van der Waals surface area contributed by atoms with Gasteiger partial charge in [0, 0.05) is 30.2 Å². The second-order valence-corrected chi connectivity index (χ2v) is 8.02. The van der Waals surface area contributed by atoms with Crippen LogP contribution in [-0.4, -0.2) is 32.4 Å². The van der Waals surface area contributed by atoms with Gasteiger partial charge in [0.15, 0.2) is 0 Å². The van der Waals surface area contributed by atoms with Crippen molar-refractivity contribution in [3.05, 3.63) is 78.4 Å². The van der Waals surface area contributed by atoms with E-state index in [9.17, 15) is 9.59 Å². The number of carbonyl (C=O) groups is 2. The Labute approximate surface area is 180 Å². The molecule has 0 saturated carbocycles. The molecule has 3 aromatic rings. The maximum atomic E-state index is 12.5. The van der Waals surface area contributed by atoms with Crippen molar-refractivity contribution in [2.24, 2.45) is 0 Å². The van der Waals surface area contributed by atoms with Crippen molar-refractivity contribution in [2.75, 3.05) is 5.32 Å². The number of rotatable bonds is 6. The molecule has 2 amide bonds. The van der Waals surface area contributed by atoms with Gasteiger partial charge < -0.3 is 19.7 Å². The van der Waals surface area contributed by atoms with Crippen molar-refractivity contribution in [1.82, 2.24) is 14.9 Å². The molecule has 162 valence electrons. The predicted octanol–water partition coefficient (Wildman–Crippen LogP) is 4.77. The SMILES string of the molecule is CC(C)(C)OC(=O)NC(Cc1ccccc1)c1nccn1-c1ccc(NC(=O)O)cc1. The minimum absolute atomic E-state index is 0.441. The molecule has 0 spiro atoms. The van der Waals surface area contributed by atoms with Gasteiger partial charge >= 0.3 is 12.2 Å². The lowest BCUT2D eigenvalue weighted by molar-refractivity contribution is 0.0500. The average Bonchev–Trinajstić information content (AvgIpc) is 3.17. The van der Waals surface area contributed by atoms with E-state index in [0.717, 1.165) is 11.3 Å². The monoisotopic (exact) mass is 422 g/mol. The molecule has 1 unspecified atom stereocenters. The summed E-state index contributed by atoms with van der Waals surface area (Å²) in [5.74, 6) is 0.633. The normalized spacial score (nSPS) is 12.1. The number of carboxylic acid groups (broad SMARTS) is 1. The fraction of sp³-hybridized carbons (Fsp3) is 0.261. The minimum Gasteiger partial charge on any atom is -0.465 e. The number of nitrogens with one attached hydrogen (secondary N) is 2. The number of nitrogens with zero attached hydrogens (tertiary/aromatic N) is 2. The van der Waals surface area contributed by atoms with E-state index in [1.807, 2.05) is 55.7 Å². The first-order valence-electron chi connectivity index (χ1n) is 9.88. The standard InChI is InChI=1S/C23H26N4O4/c1-23(2,3)31-22(30)26-19(15-16-7-5-4-6-8-16)20-24-13-14-27(20)18-11-9-17(10-12-18)25-21(28)29/h4-14,19,25H,15H2,1-3H3,(H,26,30)(H,28,29). The van der Waals surface area contributed by atoms with Gasteiger partial charge in [-0.25, -0.2) is 14.6 Å². The second-order valence-electron chi connectivity index (χ2n) is 8.02. The van der Waals surface area contributed by atoms with Crippen molar-refractivity contribution < 1.29 is 19.4 Å². The van der Waals surface area contributed by atoms with Gasteiger partial charge in [-0.15, -0.1) is 0 Å². The molecular formula is C23H26N4O4. The Hall–Kier alpha value is -3.81. The molecule has 8 nitrogen and oxygen atoms in total. The smallest absolute Gasteiger partial charge is 0.409 e. The highest BCUT2D eigenvalue weighted by Crippen LogP contribution is 2.23. The average molecular weight is 422 g/mol. The van der Waals surface area contributed by atoms with Crippen molar-refractivity contribution in [1.29, 1.82) is 0 Å². The van der Waals surface area contributed by atoms with E-state index in [1.165, 1.54) is 0 Å². The molecule has 1 aromatic heterocycles. The van der Waals surface area contributed by atoms with E-state index in [4.69, 9.17) is 9.84 Å². The van der Waals surface area contributed by atoms with Gasteiger partial charge in [0.05, 0.1) is 6.04 Å². The summed E-state index contributed by atoms with van der Waals surface area (Å²) in [5, 5.41) is 14.1. The number of alkyl carbamates (subject to hydrolysis) is 1. The Morgan fingerprint density at radius 1 is 1.10 bits per heavy atom. The first-order chi connectivity index (χ1) is 14.7. The van der Waals surface area contributed by atoms with Crippen LogP contribution in [0.1, 0.15) is 38.2 Å². The predicted molar refractivity (Wildman–Crippen MR) is 117 cm³/mol. The van der Waals surface area contributed by atoms with Crippen LogP contribution in [0.2, 0.25) is 0 Å². The fourth-order valence-corrected chi connectivity index (χ4v) is 3.13. The molecule has 3 rings (SSSR count). The number of hydrogen-bond acceptors (Lipinski definition) is 4. The number of imidazole rings is 1. The summed E-state index contributed by atoms with van der Waals surface area (Å²) in [6, 6.07) is 16.3. The van der Waals surface area contributed by atoms with Crippen LogP contribution >= 0.6 is 0 Å². The molecule has 0 fully saturated rings. The van der Waals surface area contributed by atoms with Crippen LogP contribution in [0.15, 0.2) is 67.0 Å². The lowest BCUT2D eigenvalue weighted by Gasteiger charge is -2.24. The van der Waals surface area contributed by atoms with Gasteiger partial charge in [0.1, 0.15) is 11.4 Å². The maximum Gasteiger partial charge on any atom is 0.409 e. The van der Waals surface area contributed by atoms with E-state index in [-0.39, 0.29) is 0 Å². The highest BCUT2D eigenvalue weighted by molar-refractivity contribution is 5.82. The van der Waals surface area contributed by atoms with Crippen molar-refractivity contribution in [3.8, 4) is 5.69 Å². The summed E-state index contributed by atoms with van der Waals surface area (Å²) in [6.45, 7) is 5.44. The molecule has 0 saturated heterocycles. The number of carbonyl (C=O) groups excluding carboxylic acids is 1. The molecular weight excluding hydrogens is 396 g/mol. The number of aromatic nitrogens is 2. The van der Waals surface area contributed by atoms with Crippen LogP contribution in [0.3, 0.4) is 0 Å². The van der Waals surface area contributed by atoms with E-state index in [0.29, 0.717) is 17.9 Å². The van der Waals surface area contributed by atoms with E-state index in [1.54, 1.807) is 36.7 Å². The third-order valence-electron chi connectivity index (χ3n) is 4.35. The van der Waals surface area contributed by atoms with Crippen molar-refractivity contribution in [2.45, 2.75) is 38.8 Å². The van der Waals surface area contributed by atoms with Crippen molar-refractivity contribution in [3.63, 3.8) is 0 Å². The van der Waals surface area contributed by atoms with Gasteiger partial charge in [-0.1, -0.05) is 30.3 Å². The highest BCUT2D eigenvalue weighted by Gasteiger charge is 2.24. The Balaban J connectivity index is 1.89. The summed E-state index contributed by atoms with van der Waals surface area (Å²) in [4.78, 5) is 27.8. The van der Waals surface area contributed by atoms with Crippen LogP contribution in [-0.2, 0) is 11.2 Å². The molecule has 0 bridgehead atoms.